The van der Waals surface area contributed by atoms with E-state index in [1.54, 1.807) is 0 Å². The van der Waals surface area contributed by atoms with Crippen molar-refractivity contribution >= 4 is 0 Å². The van der Waals surface area contributed by atoms with Crippen LogP contribution in [0.1, 0.15) is 12.5 Å². The predicted octanol–water partition coefficient (Wildman–Crippen LogP) is 5.44. The molecule has 4 rings (SSSR count). The molecule has 0 radical (unpaired) electrons. The summed E-state index contributed by atoms with van der Waals surface area (Å²) < 4.78 is 0. The molecule has 1 aromatic heterocycles. The Hall–Kier alpha value is -3.33. The Balaban J connectivity index is 1.87. The van der Waals surface area contributed by atoms with Gasteiger partial charge in [-0.2, -0.15) is 0 Å². The van der Waals surface area contributed by atoms with Gasteiger partial charge in [-0.05, 0) is 12.0 Å². The molecule has 0 unspecified atom stereocenters. The van der Waals surface area contributed by atoms with Crippen LogP contribution in [0.15, 0.2) is 84.9 Å². The molecule has 1 heterocycles. The standard InChI is InChI=1S/C23H19N3/c1-2-17-13-15-20(16-14-17)23-25-21(18-9-5-3-6-10-18)24-22(26-23)19-11-7-4-8-12-19/h3-16H,2H2,1H3. The van der Waals surface area contributed by atoms with Crippen LogP contribution < -0.4 is 0 Å². The molecule has 0 N–H and O–H groups in total. The molecule has 26 heavy (non-hydrogen) atoms. The zero-order chi connectivity index (χ0) is 17.8. The summed E-state index contributed by atoms with van der Waals surface area (Å²) in [5.41, 5.74) is 4.27. The minimum atomic E-state index is 0.689. The molecule has 0 fully saturated rings. The molecule has 0 saturated carbocycles. The summed E-state index contributed by atoms with van der Waals surface area (Å²) in [6, 6.07) is 28.5. The average Bonchev–Trinajstić information content (AvgIpc) is 2.75. The second-order valence-electron chi connectivity index (χ2n) is 6.09. The van der Waals surface area contributed by atoms with Crippen LogP contribution in [0.3, 0.4) is 0 Å². The van der Waals surface area contributed by atoms with Crippen molar-refractivity contribution in [1.29, 1.82) is 0 Å². The first-order valence-corrected chi connectivity index (χ1v) is 8.80. The summed E-state index contributed by atoms with van der Waals surface area (Å²) in [5, 5.41) is 0. The number of hydrogen-bond acceptors (Lipinski definition) is 3. The summed E-state index contributed by atoms with van der Waals surface area (Å²) >= 11 is 0. The maximum absolute atomic E-state index is 4.73. The summed E-state index contributed by atoms with van der Waals surface area (Å²) in [7, 11) is 0. The van der Waals surface area contributed by atoms with Gasteiger partial charge in [-0.25, -0.2) is 15.0 Å². The van der Waals surface area contributed by atoms with E-state index in [0.29, 0.717) is 17.5 Å². The maximum Gasteiger partial charge on any atom is 0.164 e. The molecule has 0 saturated heterocycles. The fourth-order valence-corrected chi connectivity index (χ4v) is 2.83. The van der Waals surface area contributed by atoms with E-state index in [1.165, 1.54) is 5.56 Å². The van der Waals surface area contributed by atoms with Gasteiger partial charge in [0.1, 0.15) is 0 Å². The molecular formula is C23H19N3. The summed E-state index contributed by atoms with van der Waals surface area (Å²) in [6.45, 7) is 2.15. The Morgan fingerprint density at radius 1 is 0.500 bits per heavy atom. The quantitative estimate of drug-likeness (QED) is 0.498. The zero-order valence-electron chi connectivity index (χ0n) is 14.6. The van der Waals surface area contributed by atoms with E-state index in [0.717, 1.165) is 23.1 Å². The van der Waals surface area contributed by atoms with E-state index >= 15 is 0 Å². The van der Waals surface area contributed by atoms with E-state index in [-0.39, 0.29) is 0 Å². The first-order valence-electron chi connectivity index (χ1n) is 8.80. The van der Waals surface area contributed by atoms with Crippen LogP contribution in [0, 0.1) is 0 Å². The Kier molecular flexibility index (Phi) is 4.52. The lowest BCUT2D eigenvalue weighted by molar-refractivity contribution is 1.07. The summed E-state index contributed by atoms with van der Waals surface area (Å²) in [5.74, 6) is 2.07. The Morgan fingerprint density at radius 2 is 0.885 bits per heavy atom. The molecule has 0 aliphatic carbocycles. The van der Waals surface area contributed by atoms with Crippen LogP contribution >= 0.6 is 0 Å². The van der Waals surface area contributed by atoms with E-state index < -0.39 is 0 Å². The number of aromatic nitrogens is 3. The molecule has 0 aliphatic rings. The molecule has 0 bridgehead atoms. The fraction of sp³-hybridized carbons (Fsp3) is 0.0870. The largest absolute Gasteiger partial charge is 0.208 e. The van der Waals surface area contributed by atoms with Gasteiger partial charge >= 0.3 is 0 Å². The highest BCUT2D eigenvalue weighted by atomic mass is 15.0. The molecule has 126 valence electrons. The van der Waals surface area contributed by atoms with Crippen LogP contribution in [0.4, 0.5) is 0 Å². The van der Waals surface area contributed by atoms with Gasteiger partial charge in [0.05, 0.1) is 0 Å². The second kappa shape index (κ2) is 7.28. The van der Waals surface area contributed by atoms with Crippen molar-refractivity contribution in [2.45, 2.75) is 13.3 Å². The van der Waals surface area contributed by atoms with Gasteiger partial charge in [0.25, 0.3) is 0 Å². The van der Waals surface area contributed by atoms with Gasteiger partial charge in [0, 0.05) is 16.7 Å². The monoisotopic (exact) mass is 337 g/mol. The van der Waals surface area contributed by atoms with E-state index in [2.05, 4.69) is 31.2 Å². The Labute approximate surface area is 153 Å². The Bertz CT molecular complexity index is 937. The van der Waals surface area contributed by atoms with Crippen molar-refractivity contribution in [1.82, 2.24) is 15.0 Å². The molecule has 0 amide bonds. The van der Waals surface area contributed by atoms with Crippen LogP contribution in [0.2, 0.25) is 0 Å². The number of nitrogens with zero attached hydrogens (tertiary/aromatic N) is 3. The van der Waals surface area contributed by atoms with Gasteiger partial charge in [0.2, 0.25) is 0 Å². The van der Waals surface area contributed by atoms with Crippen molar-refractivity contribution in [3.8, 4) is 34.2 Å². The van der Waals surface area contributed by atoms with Crippen LogP contribution in [0.25, 0.3) is 34.2 Å². The SMILES string of the molecule is CCc1ccc(-c2nc(-c3ccccc3)nc(-c3ccccc3)n2)cc1. The molecule has 3 nitrogen and oxygen atoms in total. The normalized spacial score (nSPS) is 10.7. The van der Waals surface area contributed by atoms with Gasteiger partial charge in [-0.15, -0.1) is 0 Å². The maximum atomic E-state index is 4.73. The molecule has 3 heteroatoms. The Morgan fingerprint density at radius 3 is 1.27 bits per heavy atom. The third-order valence-electron chi connectivity index (χ3n) is 4.32. The minimum Gasteiger partial charge on any atom is -0.208 e. The number of benzene rings is 3. The number of hydrogen-bond donors (Lipinski definition) is 0. The second-order valence-corrected chi connectivity index (χ2v) is 6.09. The summed E-state index contributed by atoms with van der Waals surface area (Å²) in [4.78, 5) is 14.2. The zero-order valence-corrected chi connectivity index (χ0v) is 14.6. The molecule has 0 aliphatic heterocycles. The third-order valence-corrected chi connectivity index (χ3v) is 4.32. The first-order chi connectivity index (χ1) is 12.8. The van der Waals surface area contributed by atoms with Gasteiger partial charge < -0.3 is 0 Å². The molecule has 0 atom stereocenters. The van der Waals surface area contributed by atoms with Crippen molar-refractivity contribution in [3.63, 3.8) is 0 Å². The van der Waals surface area contributed by atoms with Gasteiger partial charge in [-0.3, -0.25) is 0 Å². The van der Waals surface area contributed by atoms with Crippen molar-refractivity contribution in [3.05, 3.63) is 90.5 Å². The lowest BCUT2D eigenvalue weighted by Crippen LogP contribution is -2.00. The van der Waals surface area contributed by atoms with Crippen molar-refractivity contribution in [2.24, 2.45) is 0 Å². The molecule has 4 aromatic rings. The van der Waals surface area contributed by atoms with Gasteiger partial charge in [-0.1, -0.05) is 91.9 Å². The minimum absolute atomic E-state index is 0.689. The van der Waals surface area contributed by atoms with Crippen LogP contribution in [-0.4, -0.2) is 15.0 Å². The summed E-state index contributed by atoms with van der Waals surface area (Å²) in [6.07, 6.45) is 1.02. The highest BCUT2D eigenvalue weighted by Crippen LogP contribution is 2.24. The van der Waals surface area contributed by atoms with Gasteiger partial charge in [0.15, 0.2) is 17.5 Å². The molecule has 3 aromatic carbocycles. The topological polar surface area (TPSA) is 38.7 Å². The number of rotatable bonds is 4. The van der Waals surface area contributed by atoms with E-state index in [9.17, 15) is 0 Å². The lowest BCUT2D eigenvalue weighted by Gasteiger charge is -2.08. The predicted molar refractivity (Wildman–Crippen MR) is 106 cm³/mol. The molecular weight excluding hydrogens is 318 g/mol. The van der Waals surface area contributed by atoms with Crippen LogP contribution in [-0.2, 0) is 6.42 Å². The van der Waals surface area contributed by atoms with Crippen LogP contribution in [0.5, 0.6) is 0 Å². The fourth-order valence-electron chi connectivity index (χ4n) is 2.83. The smallest absolute Gasteiger partial charge is 0.164 e. The van der Waals surface area contributed by atoms with Crippen molar-refractivity contribution in [2.75, 3.05) is 0 Å². The highest BCUT2D eigenvalue weighted by molar-refractivity contribution is 5.66. The lowest BCUT2D eigenvalue weighted by atomic mass is 10.1. The molecule has 0 spiro atoms. The van der Waals surface area contributed by atoms with E-state index in [1.807, 2.05) is 60.7 Å². The third kappa shape index (κ3) is 3.38. The highest BCUT2D eigenvalue weighted by Gasteiger charge is 2.11. The number of aryl methyl sites for hydroxylation is 1. The first kappa shape index (κ1) is 16.2. The van der Waals surface area contributed by atoms with E-state index in [4.69, 9.17) is 15.0 Å². The van der Waals surface area contributed by atoms with Crippen molar-refractivity contribution < 1.29 is 0 Å². The average molecular weight is 337 g/mol.